The van der Waals surface area contributed by atoms with E-state index in [1.165, 1.54) is 51.7 Å². The molecule has 6 heteroatoms. The lowest BCUT2D eigenvalue weighted by atomic mass is 10.1. The maximum absolute atomic E-state index is 9.48. The number of nitrogens with zero attached hydrogens (tertiary/aromatic N) is 6. The van der Waals surface area contributed by atoms with Crippen molar-refractivity contribution in [2.24, 2.45) is 0 Å². The van der Waals surface area contributed by atoms with Gasteiger partial charge in [-0.3, -0.25) is 4.90 Å². The minimum atomic E-state index is 0.264. The quantitative estimate of drug-likeness (QED) is 0.509. The fraction of sp³-hybridized carbons (Fsp3) is 0.810. The van der Waals surface area contributed by atoms with E-state index in [2.05, 4.69) is 37.4 Å². The Kier molecular flexibility index (Phi) is 7.38. The van der Waals surface area contributed by atoms with E-state index in [9.17, 15) is 5.26 Å². The van der Waals surface area contributed by atoms with E-state index >= 15 is 0 Å². The van der Waals surface area contributed by atoms with Gasteiger partial charge in [0.25, 0.3) is 0 Å². The van der Waals surface area contributed by atoms with Gasteiger partial charge in [0.05, 0.1) is 12.6 Å². The van der Waals surface area contributed by atoms with Crippen molar-refractivity contribution in [2.75, 3.05) is 58.9 Å². The molecule has 0 bridgehead atoms. The molecular weight excluding hydrogens is 336 g/mol. The summed E-state index contributed by atoms with van der Waals surface area (Å²) in [6, 6.07) is 2.81. The van der Waals surface area contributed by atoms with Crippen LogP contribution in [0.2, 0.25) is 0 Å². The van der Waals surface area contributed by atoms with Crippen molar-refractivity contribution >= 4 is 0 Å². The van der Waals surface area contributed by atoms with Gasteiger partial charge in [-0.1, -0.05) is 6.42 Å². The first kappa shape index (κ1) is 20.0. The lowest BCUT2D eigenvalue weighted by Crippen LogP contribution is -2.36. The van der Waals surface area contributed by atoms with Gasteiger partial charge in [-0.15, -0.1) is 0 Å². The molecule has 6 nitrogen and oxygen atoms in total. The van der Waals surface area contributed by atoms with Gasteiger partial charge in [-0.25, -0.2) is 10.1 Å². The average molecular weight is 371 g/mol. The molecule has 0 unspecified atom stereocenters. The lowest BCUT2D eigenvalue weighted by Gasteiger charge is -2.30. The second-order valence-electron chi connectivity index (χ2n) is 8.15. The first-order valence-corrected chi connectivity index (χ1v) is 10.7. The predicted octanol–water partition coefficient (Wildman–Crippen LogP) is 2.58. The number of hydrogen-bond acceptors (Lipinski definition) is 5. The Labute approximate surface area is 164 Å². The monoisotopic (exact) mass is 370 g/mol. The van der Waals surface area contributed by atoms with Gasteiger partial charge in [0.2, 0.25) is 0 Å². The Morgan fingerprint density at radius 3 is 2.37 bits per heavy atom. The number of rotatable bonds is 7. The van der Waals surface area contributed by atoms with Crippen molar-refractivity contribution in [3.8, 4) is 6.07 Å². The Hall–Kier alpha value is -1.76. The van der Waals surface area contributed by atoms with Gasteiger partial charge >= 0.3 is 5.70 Å². The van der Waals surface area contributed by atoms with Crippen LogP contribution in [0.3, 0.4) is 0 Å². The largest absolute Gasteiger partial charge is 0.365 e. The first-order chi connectivity index (χ1) is 13.2. The molecule has 3 fully saturated rings. The molecule has 1 atom stereocenters. The normalized spacial score (nSPS) is 26.3. The molecule has 0 N–H and O–H groups in total. The zero-order chi connectivity index (χ0) is 19.1. The highest BCUT2D eigenvalue weighted by Crippen LogP contribution is 2.24. The summed E-state index contributed by atoms with van der Waals surface area (Å²) in [7, 11) is 0. The highest BCUT2D eigenvalue weighted by molar-refractivity contribution is 5.33. The summed E-state index contributed by atoms with van der Waals surface area (Å²) in [5, 5.41) is 9.48. The predicted molar refractivity (Wildman–Crippen MR) is 108 cm³/mol. The zero-order valence-corrected chi connectivity index (χ0v) is 16.9. The Morgan fingerprint density at radius 2 is 1.74 bits per heavy atom. The Balaban J connectivity index is 1.56. The van der Waals surface area contributed by atoms with E-state index in [0.29, 0.717) is 6.04 Å². The van der Waals surface area contributed by atoms with Gasteiger partial charge in [-0.05, 0) is 65.2 Å². The third-order valence-electron chi connectivity index (χ3n) is 6.37. The van der Waals surface area contributed by atoms with Crippen LogP contribution in [0.15, 0.2) is 11.5 Å². The second-order valence-corrected chi connectivity index (χ2v) is 8.15. The summed E-state index contributed by atoms with van der Waals surface area (Å²) in [5.41, 5.74) is 0.264. The van der Waals surface area contributed by atoms with Crippen molar-refractivity contribution < 1.29 is 0 Å². The van der Waals surface area contributed by atoms with E-state index in [-0.39, 0.29) is 5.70 Å². The van der Waals surface area contributed by atoms with Crippen LogP contribution < -0.4 is 0 Å². The first-order valence-electron chi connectivity index (χ1n) is 10.7. The zero-order valence-electron chi connectivity index (χ0n) is 16.9. The molecule has 3 heterocycles. The molecule has 27 heavy (non-hydrogen) atoms. The second kappa shape index (κ2) is 9.97. The molecular formula is C21H34N6. The van der Waals surface area contributed by atoms with Crippen LogP contribution in [0.5, 0.6) is 0 Å². The van der Waals surface area contributed by atoms with Crippen LogP contribution in [-0.4, -0.2) is 84.5 Å². The van der Waals surface area contributed by atoms with Crippen molar-refractivity contribution in [3.63, 3.8) is 0 Å². The van der Waals surface area contributed by atoms with Crippen LogP contribution in [0.4, 0.5) is 0 Å². The molecule has 148 valence electrons. The highest BCUT2D eigenvalue weighted by atomic mass is 15.4. The fourth-order valence-electron chi connectivity index (χ4n) is 4.76. The van der Waals surface area contributed by atoms with E-state index in [4.69, 9.17) is 6.57 Å². The van der Waals surface area contributed by atoms with E-state index in [0.717, 1.165) is 51.5 Å². The molecule has 3 saturated heterocycles. The van der Waals surface area contributed by atoms with Crippen molar-refractivity contribution in [1.29, 1.82) is 5.26 Å². The molecule has 0 spiro atoms. The fourth-order valence-corrected chi connectivity index (χ4v) is 4.76. The topological polar surface area (TPSA) is 41.1 Å². The van der Waals surface area contributed by atoms with Crippen molar-refractivity contribution in [1.82, 2.24) is 19.6 Å². The molecule has 0 aromatic rings. The van der Waals surface area contributed by atoms with Gasteiger partial charge in [0.15, 0.2) is 0 Å². The summed E-state index contributed by atoms with van der Waals surface area (Å²) in [6.45, 7) is 19.3. The Morgan fingerprint density at radius 1 is 1.00 bits per heavy atom. The molecule has 0 amide bonds. The number of allylic oxidation sites excluding steroid dienone is 1. The maximum atomic E-state index is 9.48. The number of likely N-dealkylation sites (tertiary alicyclic amines) is 2. The highest BCUT2D eigenvalue weighted by Gasteiger charge is 2.29. The third kappa shape index (κ3) is 5.15. The van der Waals surface area contributed by atoms with E-state index < -0.39 is 0 Å². The van der Waals surface area contributed by atoms with Crippen LogP contribution >= 0.6 is 0 Å². The van der Waals surface area contributed by atoms with Gasteiger partial charge in [-0.2, -0.15) is 0 Å². The smallest absolute Gasteiger partial charge is 0.300 e. The van der Waals surface area contributed by atoms with Crippen LogP contribution in [0, 0.1) is 17.9 Å². The summed E-state index contributed by atoms with van der Waals surface area (Å²) in [4.78, 5) is 13.2. The molecule has 3 aliphatic heterocycles. The van der Waals surface area contributed by atoms with Crippen LogP contribution in [-0.2, 0) is 0 Å². The van der Waals surface area contributed by atoms with Crippen molar-refractivity contribution in [2.45, 2.75) is 51.5 Å². The van der Waals surface area contributed by atoms with Gasteiger partial charge < -0.3 is 14.7 Å². The summed E-state index contributed by atoms with van der Waals surface area (Å²) in [5.74, 6) is 0.887. The minimum absolute atomic E-state index is 0.264. The van der Waals surface area contributed by atoms with Crippen LogP contribution in [0.25, 0.3) is 4.85 Å². The summed E-state index contributed by atoms with van der Waals surface area (Å²) in [6.07, 6.45) is 7.71. The van der Waals surface area contributed by atoms with Crippen LogP contribution in [0.1, 0.15) is 45.4 Å². The van der Waals surface area contributed by atoms with Crippen molar-refractivity contribution in [3.05, 3.63) is 22.9 Å². The van der Waals surface area contributed by atoms with Gasteiger partial charge in [0, 0.05) is 38.8 Å². The third-order valence-corrected chi connectivity index (χ3v) is 6.37. The molecule has 0 radical (unpaired) electrons. The standard InChI is InChI=1S/C21H34N6/c1-19-8-6-12-25(19)14-15-27-17-16-26(21(27)20(18-22)23-2)13-7-11-24-9-4-3-5-10-24/h19H,3-17H2,1H3/b21-20+/t19-/m0/s1. The number of hydrogen-bond donors (Lipinski definition) is 0. The molecule has 0 saturated carbocycles. The SMILES string of the molecule is [C-]#[N+]/C(C#N)=C1\N(CCCN2CCCCC2)CCN1CCN1CCC[C@@H]1C. The maximum Gasteiger partial charge on any atom is 0.300 e. The molecule has 0 aromatic heterocycles. The number of nitriles is 1. The molecule has 3 aliphatic rings. The molecule has 3 rings (SSSR count). The Bertz CT molecular complexity index is 579. The molecule has 0 aromatic carbocycles. The molecule has 0 aliphatic carbocycles. The average Bonchev–Trinajstić information content (AvgIpc) is 3.28. The minimum Gasteiger partial charge on any atom is -0.365 e. The number of piperidine rings is 1. The summed E-state index contributed by atoms with van der Waals surface area (Å²) >= 11 is 0. The van der Waals surface area contributed by atoms with E-state index in [1.807, 2.05) is 0 Å². The van der Waals surface area contributed by atoms with E-state index in [1.54, 1.807) is 0 Å². The van der Waals surface area contributed by atoms with Gasteiger partial charge in [0.1, 0.15) is 5.82 Å². The lowest BCUT2D eigenvalue weighted by molar-refractivity contribution is 0.211. The summed E-state index contributed by atoms with van der Waals surface area (Å²) < 4.78 is 0.